The summed E-state index contributed by atoms with van der Waals surface area (Å²) in [7, 11) is 0. The molecule has 17 heavy (non-hydrogen) atoms. The first-order valence-corrected chi connectivity index (χ1v) is 6.22. The van der Waals surface area contributed by atoms with Crippen LogP contribution in [0.25, 0.3) is 6.08 Å². The highest BCUT2D eigenvalue weighted by atomic mass is 35.5. The summed E-state index contributed by atoms with van der Waals surface area (Å²) in [6.45, 7) is 0. The van der Waals surface area contributed by atoms with Gasteiger partial charge in [-0.1, -0.05) is 60.2 Å². The van der Waals surface area contributed by atoms with Crippen LogP contribution < -0.4 is 0 Å². The molecule has 0 bridgehead atoms. The van der Waals surface area contributed by atoms with E-state index in [1.807, 2.05) is 12.1 Å². The smallest absolute Gasteiger partial charge is 0.0408 e. The fraction of sp³-hybridized carbons (Fsp3) is 0.125. The highest BCUT2D eigenvalue weighted by molar-refractivity contribution is 6.30. The van der Waals surface area contributed by atoms with Crippen LogP contribution in [0, 0.1) is 0 Å². The first-order chi connectivity index (χ1) is 8.33. The molecule has 0 saturated carbocycles. The molecule has 3 rings (SSSR count). The third-order valence-corrected chi connectivity index (χ3v) is 3.51. The van der Waals surface area contributed by atoms with Gasteiger partial charge in [0.25, 0.3) is 0 Å². The summed E-state index contributed by atoms with van der Waals surface area (Å²) >= 11 is 6.04. The number of halogens is 1. The van der Waals surface area contributed by atoms with E-state index in [-0.39, 0.29) is 0 Å². The summed E-state index contributed by atoms with van der Waals surface area (Å²) in [6, 6.07) is 16.7. The van der Waals surface area contributed by atoms with Gasteiger partial charge in [0.1, 0.15) is 0 Å². The first-order valence-electron chi connectivity index (χ1n) is 5.84. The molecule has 2 aromatic carbocycles. The van der Waals surface area contributed by atoms with Crippen LogP contribution in [0.1, 0.15) is 22.6 Å². The molecule has 0 fully saturated rings. The van der Waals surface area contributed by atoms with E-state index in [2.05, 4.69) is 48.6 Å². The van der Waals surface area contributed by atoms with Crippen molar-refractivity contribution in [3.8, 4) is 0 Å². The lowest BCUT2D eigenvalue weighted by atomic mass is 9.85. The van der Waals surface area contributed by atoms with Gasteiger partial charge in [0.2, 0.25) is 0 Å². The molecule has 84 valence electrons. The third kappa shape index (κ3) is 2.13. The number of fused-ring (bicyclic) bond motifs is 1. The summed E-state index contributed by atoms with van der Waals surface area (Å²) in [4.78, 5) is 0. The minimum atomic E-state index is 0.448. The highest BCUT2D eigenvalue weighted by Crippen LogP contribution is 2.30. The predicted octanol–water partition coefficient (Wildman–Crippen LogP) is 4.69. The van der Waals surface area contributed by atoms with E-state index in [0.29, 0.717) is 5.92 Å². The van der Waals surface area contributed by atoms with Gasteiger partial charge in [-0.3, -0.25) is 0 Å². The van der Waals surface area contributed by atoms with Crippen molar-refractivity contribution in [2.45, 2.75) is 12.3 Å². The molecule has 1 atom stereocenters. The Bertz CT molecular complexity index is 569. The summed E-state index contributed by atoms with van der Waals surface area (Å²) in [5.74, 6) is 0.448. The Morgan fingerprint density at radius 2 is 1.88 bits per heavy atom. The zero-order valence-corrected chi connectivity index (χ0v) is 10.2. The van der Waals surface area contributed by atoms with Crippen molar-refractivity contribution >= 4 is 17.7 Å². The molecule has 1 aliphatic rings. The molecule has 0 radical (unpaired) electrons. The minimum Gasteiger partial charge on any atom is -0.0843 e. The molecule has 0 aliphatic heterocycles. The van der Waals surface area contributed by atoms with E-state index in [9.17, 15) is 0 Å². The van der Waals surface area contributed by atoms with E-state index in [1.165, 1.54) is 16.7 Å². The predicted molar refractivity (Wildman–Crippen MR) is 73.4 cm³/mol. The summed E-state index contributed by atoms with van der Waals surface area (Å²) in [5.41, 5.74) is 4.05. The maximum Gasteiger partial charge on any atom is 0.0408 e. The van der Waals surface area contributed by atoms with E-state index >= 15 is 0 Å². The van der Waals surface area contributed by atoms with Crippen LogP contribution in [0.2, 0.25) is 5.02 Å². The Labute approximate surface area is 107 Å². The van der Waals surface area contributed by atoms with Crippen molar-refractivity contribution in [3.05, 3.63) is 76.3 Å². The third-order valence-electron chi connectivity index (χ3n) is 3.28. The van der Waals surface area contributed by atoms with Crippen LogP contribution in [0.4, 0.5) is 0 Å². The number of allylic oxidation sites excluding steroid dienone is 1. The van der Waals surface area contributed by atoms with Crippen molar-refractivity contribution in [1.82, 2.24) is 0 Å². The van der Waals surface area contributed by atoms with Gasteiger partial charge < -0.3 is 0 Å². The second-order valence-electron chi connectivity index (χ2n) is 4.42. The Kier molecular flexibility index (Phi) is 2.74. The standard InChI is InChI=1S/C16H13Cl/c17-16-7-3-6-14(11-16)15-9-8-12-4-1-2-5-13(12)10-15/h1-9,11,15H,10H2. The van der Waals surface area contributed by atoms with E-state index in [1.54, 1.807) is 0 Å². The van der Waals surface area contributed by atoms with Crippen molar-refractivity contribution in [2.75, 3.05) is 0 Å². The lowest BCUT2D eigenvalue weighted by Gasteiger charge is -2.19. The normalized spacial score (nSPS) is 17.8. The zero-order chi connectivity index (χ0) is 11.7. The van der Waals surface area contributed by atoms with Crippen molar-refractivity contribution in [3.63, 3.8) is 0 Å². The van der Waals surface area contributed by atoms with Crippen LogP contribution >= 0.6 is 11.6 Å². The molecule has 0 N–H and O–H groups in total. The summed E-state index contributed by atoms with van der Waals surface area (Å²) in [6.07, 6.45) is 5.55. The highest BCUT2D eigenvalue weighted by Gasteiger charge is 2.15. The van der Waals surface area contributed by atoms with Gasteiger partial charge in [0.15, 0.2) is 0 Å². The largest absolute Gasteiger partial charge is 0.0843 e. The second-order valence-corrected chi connectivity index (χ2v) is 4.86. The van der Waals surface area contributed by atoms with Crippen molar-refractivity contribution < 1.29 is 0 Å². The van der Waals surface area contributed by atoms with Gasteiger partial charge >= 0.3 is 0 Å². The van der Waals surface area contributed by atoms with Gasteiger partial charge in [0, 0.05) is 10.9 Å². The minimum absolute atomic E-state index is 0.448. The lowest BCUT2D eigenvalue weighted by molar-refractivity contribution is 0.827. The SMILES string of the molecule is Clc1cccc(C2C=Cc3ccccc3C2)c1. The number of rotatable bonds is 1. The van der Waals surface area contributed by atoms with Gasteiger partial charge in [-0.15, -0.1) is 0 Å². The maximum absolute atomic E-state index is 6.04. The van der Waals surface area contributed by atoms with Gasteiger partial charge in [-0.25, -0.2) is 0 Å². The Balaban J connectivity index is 1.95. The van der Waals surface area contributed by atoms with E-state index < -0.39 is 0 Å². The molecular weight excluding hydrogens is 228 g/mol. The van der Waals surface area contributed by atoms with Crippen LogP contribution in [0.15, 0.2) is 54.6 Å². The van der Waals surface area contributed by atoms with Crippen LogP contribution in [-0.4, -0.2) is 0 Å². The molecule has 0 nitrogen and oxygen atoms in total. The van der Waals surface area contributed by atoms with Crippen molar-refractivity contribution in [1.29, 1.82) is 0 Å². The van der Waals surface area contributed by atoms with Crippen molar-refractivity contribution in [2.24, 2.45) is 0 Å². The average molecular weight is 241 g/mol. The maximum atomic E-state index is 6.04. The molecule has 1 unspecified atom stereocenters. The van der Waals surface area contributed by atoms with Gasteiger partial charge in [-0.2, -0.15) is 0 Å². The molecule has 1 heteroatoms. The van der Waals surface area contributed by atoms with Crippen LogP contribution in [0.5, 0.6) is 0 Å². The van der Waals surface area contributed by atoms with E-state index in [0.717, 1.165) is 11.4 Å². The molecule has 0 aromatic heterocycles. The zero-order valence-electron chi connectivity index (χ0n) is 9.44. The second kappa shape index (κ2) is 4.38. The van der Waals surface area contributed by atoms with Crippen LogP contribution in [-0.2, 0) is 6.42 Å². The Morgan fingerprint density at radius 3 is 2.76 bits per heavy atom. The number of hydrogen-bond donors (Lipinski definition) is 0. The van der Waals surface area contributed by atoms with E-state index in [4.69, 9.17) is 11.6 Å². The first kappa shape index (κ1) is 10.6. The number of hydrogen-bond acceptors (Lipinski definition) is 0. The summed E-state index contributed by atoms with van der Waals surface area (Å²) in [5, 5.41) is 0.815. The molecule has 0 spiro atoms. The topological polar surface area (TPSA) is 0 Å². The molecule has 0 amide bonds. The quantitative estimate of drug-likeness (QED) is 0.678. The molecule has 1 aliphatic carbocycles. The molecule has 0 heterocycles. The molecule has 2 aromatic rings. The Hall–Kier alpha value is -1.53. The van der Waals surface area contributed by atoms with Gasteiger partial charge in [0.05, 0.1) is 0 Å². The fourth-order valence-electron chi connectivity index (χ4n) is 2.37. The lowest BCUT2D eigenvalue weighted by Crippen LogP contribution is -2.05. The Morgan fingerprint density at radius 1 is 1.00 bits per heavy atom. The molecular formula is C16H13Cl. The number of benzene rings is 2. The average Bonchev–Trinajstić information content (AvgIpc) is 2.38. The van der Waals surface area contributed by atoms with Gasteiger partial charge in [-0.05, 0) is 35.2 Å². The fourth-order valence-corrected chi connectivity index (χ4v) is 2.57. The summed E-state index contributed by atoms with van der Waals surface area (Å²) < 4.78 is 0. The monoisotopic (exact) mass is 240 g/mol. The molecule has 0 saturated heterocycles. The van der Waals surface area contributed by atoms with Crippen LogP contribution in [0.3, 0.4) is 0 Å².